The first-order chi connectivity index (χ1) is 8.15. The van der Waals surface area contributed by atoms with Gasteiger partial charge >= 0.3 is 0 Å². The lowest BCUT2D eigenvalue weighted by molar-refractivity contribution is -0.120. The first-order valence-corrected chi connectivity index (χ1v) is 5.34. The van der Waals surface area contributed by atoms with E-state index >= 15 is 0 Å². The number of anilines is 1. The smallest absolute Gasteiger partial charge is 0.239 e. The van der Waals surface area contributed by atoms with E-state index in [0.29, 0.717) is 30.5 Å². The van der Waals surface area contributed by atoms with Gasteiger partial charge in [0.2, 0.25) is 11.8 Å². The number of hydrogen-bond donors (Lipinski definition) is 1. The van der Waals surface area contributed by atoms with Gasteiger partial charge in [0.05, 0.1) is 12.3 Å². The predicted molar refractivity (Wildman–Crippen MR) is 62.7 cm³/mol. The van der Waals surface area contributed by atoms with Crippen molar-refractivity contribution in [3.8, 4) is 5.88 Å². The highest BCUT2D eigenvalue weighted by atomic mass is 16.5. The van der Waals surface area contributed by atoms with Gasteiger partial charge in [-0.25, -0.2) is 0 Å². The monoisotopic (exact) mass is 234 g/mol. The molecule has 0 bridgehead atoms. The normalized spacial score (nSPS) is 15.4. The van der Waals surface area contributed by atoms with Crippen LogP contribution < -0.4 is 15.0 Å². The molecule has 1 fully saturated rings. The van der Waals surface area contributed by atoms with Gasteiger partial charge in [0, 0.05) is 19.2 Å². The van der Waals surface area contributed by atoms with Crippen LogP contribution in [-0.4, -0.2) is 35.7 Å². The van der Waals surface area contributed by atoms with Crippen molar-refractivity contribution in [1.82, 2.24) is 15.5 Å². The molecule has 1 amide bonds. The van der Waals surface area contributed by atoms with Crippen LogP contribution in [0, 0.1) is 0 Å². The largest absolute Gasteiger partial charge is 0.443 e. The number of carbonyl (C=O) groups is 1. The summed E-state index contributed by atoms with van der Waals surface area (Å²) in [5, 5.41) is 10.7. The van der Waals surface area contributed by atoms with Crippen molar-refractivity contribution < 1.29 is 9.53 Å². The minimum absolute atomic E-state index is 0.000289. The molecule has 1 N–H and O–H groups in total. The quantitative estimate of drug-likeness (QED) is 0.763. The summed E-state index contributed by atoms with van der Waals surface area (Å²) >= 11 is 0. The van der Waals surface area contributed by atoms with Gasteiger partial charge in [-0.2, -0.15) is 0 Å². The third kappa shape index (κ3) is 2.93. The number of hydrogen-bond acceptors (Lipinski definition) is 5. The number of piperazine rings is 1. The van der Waals surface area contributed by atoms with E-state index in [1.165, 1.54) is 0 Å². The van der Waals surface area contributed by atoms with Crippen LogP contribution in [-0.2, 0) is 4.79 Å². The van der Waals surface area contributed by atoms with Crippen LogP contribution in [0.1, 0.15) is 6.92 Å². The van der Waals surface area contributed by atoms with Crippen molar-refractivity contribution in [2.24, 2.45) is 0 Å². The van der Waals surface area contributed by atoms with Gasteiger partial charge < -0.3 is 15.0 Å². The summed E-state index contributed by atoms with van der Waals surface area (Å²) in [4.78, 5) is 13.1. The number of carbonyl (C=O) groups excluding carboxylic acids is 1. The maximum atomic E-state index is 11.2. The number of nitrogens with zero attached hydrogens (tertiary/aromatic N) is 3. The predicted octanol–water partition coefficient (Wildman–Crippen LogP) is 0.325. The molecule has 0 radical (unpaired) electrons. The van der Waals surface area contributed by atoms with E-state index in [0.717, 1.165) is 6.54 Å². The van der Waals surface area contributed by atoms with Gasteiger partial charge in [0.25, 0.3) is 0 Å². The lowest BCUT2D eigenvalue weighted by atomic mass is 10.3. The second kappa shape index (κ2) is 4.82. The van der Waals surface area contributed by atoms with E-state index in [-0.39, 0.29) is 5.91 Å². The second-order valence-corrected chi connectivity index (χ2v) is 3.81. The molecule has 1 saturated heterocycles. The Morgan fingerprint density at radius 2 is 2.35 bits per heavy atom. The Balaban J connectivity index is 2.06. The zero-order valence-electron chi connectivity index (χ0n) is 9.64. The van der Waals surface area contributed by atoms with Gasteiger partial charge in [-0.05, 0) is 13.0 Å². The summed E-state index contributed by atoms with van der Waals surface area (Å²) in [5.74, 6) is 1.64. The van der Waals surface area contributed by atoms with Crippen LogP contribution >= 0.6 is 0 Å². The van der Waals surface area contributed by atoms with E-state index in [9.17, 15) is 4.79 Å². The molecule has 1 aliphatic heterocycles. The average molecular weight is 234 g/mol. The molecule has 2 rings (SSSR count). The number of ether oxygens (including phenoxy) is 1. The third-order valence-electron chi connectivity index (χ3n) is 2.27. The fraction of sp³-hybridized carbons (Fsp3) is 0.364. The minimum Gasteiger partial charge on any atom is -0.443 e. The first-order valence-electron chi connectivity index (χ1n) is 5.34. The van der Waals surface area contributed by atoms with Gasteiger partial charge in [-0.3, -0.25) is 4.79 Å². The van der Waals surface area contributed by atoms with E-state index in [4.69, 9.17) is 4.74 Å². The standard InChI is InChI=1S/C11H14N4O2/c1-8(2)17-11-4-3-9(13-14-11)15-6-5-12-10(16)7-15/h3-4H,1,5-7H2,2H3,(H,12,16). The number of aromatic nitrogens is 2. The van der Waals surface area contributed by atoms with Gasteiger partial charge in [0.1, 0.15) is 0 Å². The summed E-state index contributed by atoms with van der Waals surface area (Å²) in [6, 6.07) is 3.49. The van der Waals surface area contributed by atoms with Crippen molar-refractivity contribution in [3.63, 3.8) is 0 Å². The molecule has 0 unspecified atom stereocenters. The SMILES string of the molecule is C=C(C)Oc1ccc(N2CCNC(=O)C2)nn1. The van der Waals surface area contributed by atoms with Crippen molar-refractivity contribution in [1.29, 1.82) is 0 Å². The summed E-state index contributed by atoms with van der Waals surface area (Å²) in [6.07, 6.45) is 0. The Hall–Kier alpha value is -2.11. The molecule has 0 aliphatic carbocycles. The van der Waals surface area contributed by atoms with E-state index < -0.39 is 0 Å². The fourth-order valence-corrected chi connectivity index (χ4v) is 1.55. The third-order valence-corrected chi connectivity index (χ3v) is 2.27. The fourth-order valence-electron chi connectivity index (χ4n) is 1.55. The lowest BCUT2D eigenvalue weighted by Gasteiger charge is -2.26. The summed E-state index contributed by atoms with van der Waals surface area (Å²) in [7, 11) is 0. The van der Waals surface area contributed by atoms with E-state index in [2.05, 4.69) is 22.1 Å². The molecule has 0 spiro atoms. The molecule has 6 nitrogen and oxygen atoms in total. The van der Waals surface area contributed by atoms with E-state index in [1.54, 1.807) is 19.1 Å². The number of nitrogens with one attached hydrogen (secondary N) is 1. The van der Waals surface area contributed by atoms with Gasteiger partial charge in [-0.15, -0.1) is 10.2 Å². The molecule has 6 heteroatoms. The van der Waals surface area contributed by atoms with E-state index in [1.807, 2.05) is 4.90 Å². The van der Waals surface area contributed by atoms with Crippen LogP contribution in [0.15, 0.2) is 24.5 Å². The minimum atomic E-state index is 0.000289. The summed E-state index contributed by atoms with van der Waals surface area (Å²) in [5.41, 5.74) is 0. The molecule has 2 heterocycles. The number of allylic oxidation sites excluding steroid dienone is 1. The van der Waals surface area contributed by atoms with Gasteiger partial charge in [-0.1, -0.05) is 6.58 Å². The Morgan fingerprint density at radius 3 is 2.94 bits per heavy atom. The molecule has 1 aromatic heterocycles. The zero-order chi connectivity index (χ0) is 12.3. The second-order valence-electron chi connectivity index (χ2n) is 3.81. The first kappa shape index (κ1) is 11.4. The molecule has 0 saturated carbocycles. The molecule has 0 aromatic carbocycles. The highest BCUT2D eigenvalue weighted by Crippen LogP contribution is 2.14. The highest BCUT2D eigenvalue weighted by Gasteiger charge is 2.17. The highest BCUT2D eigenvalue weighted by molar-refractivity contribution is 5.82. The van der Waals surface area contributed by atoms with Crippen molar-refractivity contribution >= 4 is 11.7 Å². The average Bonchev–Trinajstić information content (AvgIpc) is 2.29. The van der Waals surface area contributed by atoms with Crippen LogP contribution in [0.4, 0.5) is 5.82 Å². The Bertz CT molecular complexity index is 430. The molecule has 0 atom stereocenters. The van der Waals surface area contributed by atoms with Crippen LogP contribution in [0.5, 0.6) is 5.88 Å². The van der Waals surface area contributed by atoms with Crippen molar-refractivity contribution in [3.05, 3.63) is 24.5 Å². The lowest BCUT2D eigenvalue weighted by Crippen LogP contribution is -2.48. The molecule has 90 valence electrons. The Morgan fingerprint density at radius 1 is 1.53 bits per heavy atom. The van der Waals surface area contributed by atoms with Crippen LogP contribution in [0.2, 0.25) is 0 Å². The topological polar surface area (TPSA) is 67.3 Å². The molecule has 1 aromatic rings. The van der Waals surface area contributed by atoms with Crippen LogP contribution in [0.3, 0.4) is 0 Å². The zero-order valence-corrected chi connectivity index (χ0v) is 9.64. The number of rotatable bonds is 3. The molecular formula is C11H14N4O2. The number of amides is 1. The van der Waals surface area contributed by atoms with Crippen LogP contribution in [0.25, 0.3) is 0 Å². The molecule has 1 aliphatic rings. The Labute approximate surface area is 99.3 Å². The molecular weight excluding hydrogens is 220 g/mol. The maximum Gasteiger partial charge on any atom is 0.239 e. The summed E-state index contributed by atoms with van der Waals surface area (Å²) in [6.45, 7) is 7.04. The van der Waals surface area contributed by atoms with Gasteiger partial charge in [0.15, 0.2) is 5.82 Å². The maximum absolute atomic E-state index is 11.2. The molecule has 17 heavy (non-hydrogen) atoms. The Kier molecular flexibility index (Phi) is 3.22. The summed E-state index contributed by atoms with van der Waals surface area (Å²) < 4.78 is 5.21. The van der Waals surface area contributed by atoms with Crippen molar-refractivity contribution in [2.45, 2.75) is 6.92 Å². The van der Waals surface area contributed by atoms with Crippen molar-refractivity contribution in [2.75, 3.05) is 24.5 Å².